The van der Waals surface area contributed by atoms with Crippen molar-refractivity contribution in [2.75, 3.05) is 6.54 Å². The summed E-state index contributed by atoms with van der Waals surface area (Å²) in [4.78, 5) is 15.2. The summed E-state index contributed by atoms with van der Waals surface area (Å²) in [5.74, 6) is -0.829. The van der Waals surface area contributed by atoms with Crippen molar-refractivity contribution in [3.8, 4) is 0 Å². The summed E-state index contributed by atoms with van der Waals surface area (Å²) >= 11 is 1.49. The number of aliphatic carboxylic acids is 1. The van der Waals surface area contributed by atoms with Gasteiger partial charge < -0.3 is 10.4 Å². The molecule has 7 heteroatoms. The molecular formula is C10H18N4O2S. The number of rotatable bonds is 7. The minimum Gasteiger partial charge on any atom is -0.480 e. The van der Waals surface area contributed by atoms with Crippen molar-refractivity contribution in [2.45, 2.75) is 43.1 Å². The fourth-order valence-corrected chi connectivity index (χ4v) is 2.69. The Morgan fingerprint density at radius 3 is 2.94 bits per heavy atom. The molecule has 96 valence electrons. The Kier molecular flexibility index (Phi) is 4.95. The van der Waals surface area contributed by atoms with Crippen molar-refractivity contribution in [3.63, 3.8) is 0 Å². The lowest BCUT2D eigenvalue weighted by Crippen LogP contribution is -2.50. The van der Waals surface area contributed by atoms with E-state index in [1.807, 2.05) is 13.8 Å². The summed E-state index contributed by atoms with van der Waals surface area (Å²) in [6.07, 6.45) is 1.96. The van der Waals surface area contributed by atoms with E-state index in [0.29, 0.717) is 18.1 Å². The highest BCUT2D eigenvalue weighted by Crippen LogP contribution is 2.26. The van der Waals surface area contributed by atoms with E-state index in [1.165, 1.54) is 18.1 Å². The first-order valence-corrected chi connectivity index (χ1v) is 6.36. The summed E-state index contributed by atoms with van der Waals surface area (Å²) in [6, 6.07) is 0. The minimum absolute atomic E-state index is 0.128. The highest BCUT2D eigenvalue weighted by molar-refractivity contribution is 7.99. The molecule has 0 spiro atoms. The van der Waals surface area contributed by atoms with Crippen LogP contribution in [-0.2, 0) is 4.79 Å². The van der Waals surface area contributed by atoms with Gasteiger partial charge in [0, 0.05) is 5.25 Å². The number of likely N-dealkylation sites (N-methyl/N-ethyl adjacent to an activating group) is 1. The first-order chi connectivity index (χ1) is 7.98. The van der Waals surface area contributed by atoms with Crippen LogP contribution in [-0.4, -0.2) is 43.6 Å². The molecule has 2 unspecified atom stereocenters. The largest absolute Gasteiger partial charge is 0.480 e. The van der Waals surface area contributed by atoms with Crippen LogP contribution in [0.4, 0.5) is 0 Å². The molecule has 0 amide bonds. The lowest BCUT2D eigenvalue weighted by atomic mass is 9.96. The monoisotopic (exact) mass is 258 g/mol. The number of H-pyrrole nitrogens is 1. The molecule has 1 heterocycles. The molecule has 0 aliphatic carbocycles. The fourth-order valence-electron chi connectivity index (χ4n) is 1.68. The number of carboxylic acid groups (broad SMARTS) is 1. The Bertz CT molecular complexity index is 357. The molecule has 0 aliphatic rings. The second kappa shape index (κ2) is 6.02. The van der Waals surface area contributed by atoms with Crippen LogP contribution < -0.4 is 5.32 Å². The minimum atomic E-state index is -0.902. The molecule has 0 radical (unpaired) electrons. The Morgan fingerprint density at radius 2 is 2.47 bits per heavy atom. The van der Waals surface area contributed by atoms with Crippen molar-refractivity contribution in [1.82, 2.24) is 20.5 Å². The standard InChI is InChI=1S/C10H18N4O2S/c1-4-12-10(3,8(15)16)5-7(2)17-9-11-6-13-14-9/h6-7,12H,4-5H2,1-3H3,(H,15,16)(H,11,13,14). The van der Waals surface area contributed by atoms with Gasteiger partial charge in [0.15, 0.2) is 5.16 Å². The zero-order valence-electron chi connectivity index (χ0n) is 10.2. The first kappa shape index (κ1) is 14.0. The molecule has 3 N–H and O–H groups in total. The normalized spacial score (nSPS) is 16.4. The molecule has 0 aromatic carbocycles. The predicted octanol–water partition coefficient (Wildman–Crippen LogP) is 1.13. The van der Waals surface area contributed by atoms with Crippen molar-refractivity contribution >= 4 is 17.7 Å². The van der Waals surface area contributed by atoms with Gasteiger partial charge >= 0.3 is 5.97 Å². The average Bonchev–Trinajstić information content (AvgIpc) is 2.70. The Morgan fingerprint density at radius 1 is 1.76 bits per heavy atom. The number of aromatic nitrogens is 3. The molecule has 0 saturated carbocycles. The molecule has 2 atom stereocenters. The number of hydrogen-bond acceptors (Lipinski definition) is 5. The predicted molar refractivity (Wildman–Crippen MR) is 66.0 cm³/mol. The zero-order chi connectivity index (χ0) is 12.9. The fraction of sp³-hybridized carbons (Fsp3) is 0.700. The quantitative estimate of drug-likeness (QED) is 0.635. The molecule has 0 saturated heterocycles. The molecule has 0 bridgehead atoms. The molecule has 1 aromatic rings. The first-order valence-electron chi connectivity index (χ1n) is 5.48. The molecule has 17 heavy (non-hydrogen) atoms. The van der Waals surface area contributed by atoms with Crippen molar-refractivity contribution < 1.29 is 9.90 Å². The molecule has 1 rings (SSSR count). The van der Waals surface area contributed by atoms with Gasteiger partial charge in [-0.25, -0.2) is 4.98 Å². The van der Waals surface area contributed by atoms with Gasteiger partial charge in [0.25, 0.3) is 0 Å². The van der Waals surface area contributed by atoms with Gasteiger partial charge in [-0.3, -0.25) is 9.89 Å². The number of carbonyl (C=O) groups is 1. The molecule has 1 aromatic heterocycles. The molecular weight excluding hydrogens is 240 g/mol. The topological polar surface area (TPSA) is 90.9 Å². The van der Waals surface area contributed by atoms with Crippen LogP contribution in [0.2, 0.25) is 0 Å². The van der Waals surface area contributed by atoms with Crippen molar-refractivity contribution in [3.05, 3.63) is 6.33 Å². The second-order valence-corrected chi connectivity index (χ2v) is 5.52. The smallest absolute Gasteiger partial charge is 0.323 e. The van der Waals surface area contributed by atoms with Gasteiger partial charge in [-0.1, -0.05) is 25.6 Å². The summed E-state index contributed by atoms with van der Waals surface area (Å²) in [7, 11) is 0. The number of thioether (sulfide) groups is 1. The lowest BCUT2D eigenvalue weighted by Gasteiger charge is -2.28. The highest BCUT2D eigenvalue weighted by atomic mass is 32.2. The lowest BCUT2D eigenvalue weighted by molar-refractivity contribution is -0.144. The van der Waals surface area contributed by atoms with E-state index >= 15 is 0 Å². The third kappa shape index (κ3) is 4.01. The molecule has 6 nitrogen and oxygen atoms in total. The number of hydrogen-bond donors (Lipinski definition) is 3. The summed E-state index contributed by atoms with van der Waals surface area (Å²) in [5, 5.41) is 19.6. The van der Waals surface area contributed by atoms with Crippen molar-refractivity contribution in [2.24, 2.45) is 0 Å². The van der Waals surface area contributed by atoms with E-state index < -0.39 is 11.5 Å². The van der Waals surface area contributed by atoms with Crippen LogP contribution in [0.15, 0.2) is 11.5 Å². The Labute approximate surface area is 105 Å². The van der Waals surface area contributed by atoms with Gasteiger partial charge in [-0.05, 0) is 19.9 Å². The van der Waals surface area contributed by atoms with Gasteiger partial charge in [0.1, 0.15) is 11.9 Å². The van der Waals surface area contributed by atoms with Gasteiger partial charge in [0.2, 0.25) is 0 Å². The van der Waals surface area contributed by atoms with E-state index in [2.05, 4.69) is 20.5 Å². The Balaban J connectivity index is 2.58. The van der Waals surface area contributed by atoms with E-state index in [0.717, 1.165) is 0 Å². The third-order valence-electron chi connectivity index (χ3n) is 2.44. The van der Waals surface area contributed by atoms with Gasteiger partial charge in [0.05, 0.1) is 0 Å². The maximum absolute atomic E-state index is 11.2. The zero-order valence-corrected chi connectivity index (χ0v) is 11.0. The van der Waals surface area contributed by atoms with Crippen molar-refractivity contribution in [1.29, 1.82) is 0 Å². The van der Waals surface area contributed by atoms with Crippen LogP contribution in [0.5, 0.6) is 0 Å². The SMILES string of the molecule is CCNC(C)(CC(C)Sc1ncn[nH]1)C(=O)O. The van der Waals surface area contributed by atoms with E-state index in [9.17, 15) is 9.90 Å². The van der Waals surface area contributed by atoms with Gasteiger partial charge in [-0.2, -0.15) is 5.10 Å². The van der Waals surface area contributed by atoms with Crippen LogP contribution in [0.1, 0.15) is 27.2 Å². The third-order valence-corrected chi connectivity index (χ3v) is 3.43. The van der Waals surface area contributed by atoms with E-state index in [-0.39, 0.29) is 5.25 Å². The number of aromatic amines is 1. The number of nitrogens with one attached hydrogen (secondary N) is 2. The summed E-state index contributed by atoms with van der Waals surface area (Å²) < 4.78 is 0. The summed E-state index contributed by atoms with van der Waals surface area (Å²) in [6.45, 7) is 6.21. The number of carboxylic acids is 1. The van der Waals surface area contributed by atoms with Crippen LogP contribution >= 0.6 is 11.8 Å². The van der Waals surface area contributed by atoms with Crippen LogP contribution in [0, 0.1) is 0 Å². The van der Waals surface area contributed by atoms with E-state index in [1.54, 1.807) is 6.92 Å². The second-order valence-electron chi connectivity index (χ2n) is 4.09. The Hall–Kier alpha value is -1.08. The highest BCUT2D eigenvalue weighted by Gasteiger charge is 2.34. The number of nitrogens with zero attached hydrogens (tertiary/aromatic N) is 2. The maximum atomic E-state index is 11.2. The maximum Gasteiger partial charge on any atom is 0.323 e. The van der Waals surface area contributed by atoms with Crippen LogP contribution in [0.25, 0.3) is 0 Å². The van der Waals surface area contributed by atoms with Crippen LogP contribution in [0.3, 0.4) is 0 Å². The van der Waals surface area contributed by atoms with Gasteiger partial charge in [-0.15, -0.1) is 0 Å². The molecule has 0 aliphatic heterocycles. The summed E-state index contributed by atoms with van der Waals surface area (Å²) in [5.41, 5.74) is -0.902. The average molecular weight is 258 g/mol. The van der Waals surface area contributed by atoms with E-state index in [4.69, 9.17) is 0 Å². The molecule has 0 fully saturated rings.